The highest BCUT2D eigenvalue weighted by Crippen LogP contribution is 2.40. The van der Waals surface area contributed by atoms with E-state index in [1.165, 1.54) is 0 Å². The molecule has 142 valence electrons. The number of oxazole rings is 1. The number of carbonyl (C=O) groups excluding carboxylic acids is 2. The zero-order valence-corrected chi connectivity index (χ0v) is 15.6. The van der Waals surface area contributed by atoms with Crippen molar-refractivity contribution in [2.24, 2.45) is 0 Å². The maximum absolute atomic E-state index is 10.9. The number of nitrogens with zero attached hydrogens (tertiary/aromatic N) is 2. The van der Waals surface area contributed by atoms with Crippen molar-refractivity contribution in [2.75, 3.05) is 12.4 Å². The first-order valence-corrected chi connectivity index (χ1v) is 8.81. The van der Waals surface area contributed by atoms with E-state index in [1.807, 2.05) is 37.3 Å². The summed E-state index contributed by atoms with van der Waals surface area (Å²) in [5, 5.41) is 2.67. The van der Waals surface area contributed by atoms with Crippen LogP contribution in [0.3, 0.4) is 0 Å². The van der Waals surface area contributed by atoms with Crippen LogP contribution in [-0.2, 0) is 22.7 Å². The van der Waals surface area contributed by atoms with Crippen molar-refractivity contribution in [3.63, 3.8) is 0 Å². The average Bonchev–Trinajstić information content (AvgIpc) is 3.27. The Balaban J connectivity index is 1.78. The van der Waals surface area contributed by atoms with Gasteiger partial charge in [0.15, 0.2) is 0 Å². The predicted molar refractivity (Wildman–Crippen MR) is 104 cm³/mol. The summed E-state index contributed by atoms with van der Waals surface area (Å²) in [6.45, 7) is 2.91. The summed E-state index contributed by atoms with van der Waals surface area (Å²) < 4.78 is 11.5. The molecular weight excluding hydrogens is 358 g/mol. The Bertz CT molecular complexity index is 1030. The van der Waals surface area contributed by atoms with Crippen LogP contribution >= 0.6 is 0 Å². The number of fused-ring (bicyclic) bond motifs is 1. The van der Waals surface area contributed by atoms with Crippen LogP contribution in [0.15, 0.2) is 40.8 Å². The Kier molecular flexibility index (Phi) is 4.57. The number of rotatable bonds is 6. The van der Waals surface area contributed by atoms with E-state index in [0.29, 0.717) is 36.8 Å². The lowest BCUT2D eigenvalue weighted by atomic mass is 9.95. The number of para-hydroxylation sites is 1. The van der Waals surface area contributed by atoms with Gasteiger partial charge in [0.1, 0.15) is 17.2 Å². The van der Waals surface area contributed by atoms with Crippen molar-refractivity contribution in [1.82, 2.24) is 9.88 Å². The van der Waals surface area contributed by atoms with Crippen molar-refractivity contribution in [2.45, 2.75) is 20.0 Å². The van der Waals surface area contributed by atoms with Gasteiger partial charge >= 0.3 is 0 Å². The lowest BCUT2D eigenvalue weighted by Crippen LogP contribution is -2.13. The van der Waals surface area contributed by atoms with Crippen LogP contribution < -0.4 is 10.1 Å². The number of anilines is 1. The first kappa shape index (κ1) is 17.8. The molecule has 0 spiro atoms. The fourth-order valence-corrected chi connectivity index (χ4v) is 3.56. The Morgan fingerprint density at radius 2 is 1.86 bits per heavy atom. The van der Waals surface area contributed by atoms with Gasteiger partial charge in [-0.25, -0.2) is 4.98 Å². The molecule has 1 N–H and O–H groups in total. The first-order valence-electron chi connectivity index (χ1n) is 8.81. The summed E-state index contributed by atoms with van der Waals surface area (Å²) in [5.74, 6) is 1.85. The van der Waals surface area contributed by atoms with Crippen LogP contribution in [0, 0.1) is 6.92 Å². The number of aromatic nitrogens is 1. The second-order valence-corrected chi connectivity index (χ2v) is 6.53. The standard InChI is InChI=1S/C21H19N3O4/c1-13-14(16-7-4-8-17(22-11-25)20(16)27-2)5-3-6-15(13)21-23-18-9-24(12-26)10-19(18)28-21/h3-8,11-12H,9-10H2,1-2H3,(H,22,25). The maximum atomic E-state index is 10.9. The van der Waals surface area contributed by atoms with Crippen LogP contribution in [0.25, 0.3) is 22.6 Å². The van der Waals surface area contributed by atoms with Gasteiger partial charge in [0.25, 0.3) is 0 Å². The molecule has 1 aliphatic rings. The van der Waals surface area contributed by atoms with Crippen LogP contribution in [-0.4, -0.2) is 29.8 Å². The van der Waals surface area contributed by atoms with E-state index in [1.54, 1.807) is 18.1 Å². The molecular formula is C21H19N3O4. The second-order valence-electron chi connectivity index (χ2n) is 6.53. The Morgan fingerprint density at radius 1 is 1.11 bits per heavy atom. The highest BCUT2D eigenvalue weighted by Gasteiger charge is 2.25. The number of hydrogen-bond acceptors (Lipinski definition) is 5. The number of carbonyl (C=O) groups is 2. The average molecular weight is 377 g/mol. The molecule has 28 heavy (non-hydrogen) atoms. The van der Waals surface area contributed by atoms with Crippen LogP contribution in [0.1, 0.15) is 17.0 Å². The van der Waals surface area contributed by atoms with Gasteiger partial charge in [-0.3, -0.25) is 9.59 Å². The fraction of sp³-hybridized carbons (Fsp3) is 0.190. The van der Waals surface area contributed by atoms with Gasteiger partial charge < -0.3 is 19.4 Å². The van der Waals surface area contributed by atoms with Crippen LogP contribution in [0.2, 0.25) is 0 Å². The molecule has 0 radical (unpaired) electrons. The maximum Gasteiger partial charge on any atom is 0.226 e. The van der Waals surface area contributed by atoms with E-state index in [0.717, 1.165) is 40.1 Å². The molecule has 7 heteroatoms. The number of methoxy groups -OCH3 is 1. The Hall–Kier alpha value is -3.61. The summed E-state index contributed by atoms with van der Waals surface area (Å²) in [7, 11) is 1.57. The van der Waals surface area contributed by atoms with Crippen molar-refractivity contribution >= 4 is 18.5 Å². The summed E-state index contributed by atoms with van der Waals surface area (Å²) in [4.78, 5) is 28.0. The number of ether oxygens (including phenoxy) is 1. The quantitative estimate of drug-likeness (QED) is 0.666. The number of amides is 2. The van der Waals surface area contributed by atoms with E-state index in [4.69, 9.17) is 9.15 Å². The summed E-state index contributed by atoms with van der Waals surface area (Å²) in [6.07, 6.45) is 1.43. The molecule has 0 saturated heterocycles. The molecule has 3 aromatic rings. The minimum atomic E-state index is 0.442. The molecule has 0 bridgehead atoms. The molecule has 4 rings (SSSR count). The van der Waals surface area contributed by atoms with Gasteiger partial charge in [0, 0.05) is 11.1 Å². The molecule has 0 aliphatic carbocycles. The summed E-state index contributed by atoms with van der Waals surface area (Å²) >= 11 is 0. The van der Waals surface area contributed by atoms with E-state index < -0.39 is 0 Å². The van der Waals surface area contributed by atoms with Crippen LogP contribution in [0.4, 0.5) is 5.69 Å². The zero-order valence-electron chi connectivity index (χ0n) is 15.6. The first-order chi connectivity index (χ1) is 13.7. The van der Waals surface area contributed by atoms with Gasteiger partial charge in [0.2, 0.25) is 18.7 Å². The number of nitrogens with one attached hydrogen (secondary N) is 1. The van der Waals surface area contributed by atoms with Crippen molar-refractivity contribution in [3.05, 3.63) is 53.4 Å². The topological polar surface area (TPSA) is 84.7 Å². The van der Waals surface area contributed by atoms with Gasteiger partial charge in [-0.05, 0) is 30.2 Å². The van der Waals surface area contributed by atoms with Crippen molar-refractivity contribution < 1.29 is 18.7 Å². The normalized spacial score (nSPS) is 12.6. The Morgan fingerprint density at radius 3 is 2.57 bits per heavy atom. The molecule has 0 fully saturated rings. The molecule has 7 nitrogen and oxygen atoms in total. The predicted octanol–water partition coefficient (Wildman–Crippen LogP) is 3.37. The monoisotopic (exact) mass is 377 g/mol. The SMILES string of the molecule is COc1c(NC=O)cccc1-c1cccc(-c2nc3c(o2)CN(C=O)C3)c1C. The molecule has 2 heterocycles. The van der Waals surface area contributed by atoms with E-state index in [-0.39, 0.29) is 0 Å². The highest BCUT2D eigenvalue weighted by molar-refractivity contribution is 5.86. The minimum Gasteiger partial charge on any atom is -0.494 e. The van der Waals surface area contributed by atoms with Crippen LogP contribution in [0.5, 0.6) is 5.75 Å². The van der Waals surface area contributed by atoms with Gasteiger partial charge in [-0.2, -0.15) is 0 Å². The molecule has 0 atom stereocenters. The zero-order chi connectivity index (χ0) is 19.7. The minimum absolute atomic E-state index is 0.442. The highest BCUT2D eigenvalue weighted by atomic mass is 16.5. The molecule has 1 aliphatic heterocycles. The number of benzene rings is 2. The molecule has 0 unspecified atom stereocenters. The smallest absolute Gasteiger partial charge is 0.226 e. The third kappa shape index (κ3) is 2.90. The second kappa shape index (κ2) is 7.19. The lowest BCUT2D eigenvalue weighted by molar-refractivity contribution is -0.118. The summed E-state index contributed by atoms with van der Waals surface area (Å²) in [6, 6.07) is 11.5. The van der Waals surface area contributed by atoms with Crippen molar-refractivity contribution in [1.29, 1.82) is 0 Å². The number of hydrogen-bond donors (Lipinski definition) is 1. The third-order valence-electron chi connectivity index (χ3n) is 4.91. The van der Waals surface area contributed by atoms with Crippen molar-refractivity contribution in [3.8, 4) is 28.3 Å². The fourth-order valence-electron chi connectivity index (χ4n) is 3.56. The lowest BCUT2D eigenvalue weighted by Gasteiger charge is -2.16. The Labute approximate surface area is 161 Å². The van der Waals surface area contributed by atoms with Gasteiger partial charge in [-0.15, -0.1) is 0 Å². The third-order valence-corrected chi connectivity index (χ3v) is 4.91. The van der Waals surface area contributed by atoms with E-state index >= 15 is 0 Å². The molecule has 2 aromatic carbocycles. The van der Waals surface area contributed by atoms with E-state index in [2.05, 4.69) is 10.3 Å². The summed E-state index contributed by atoms with van der Waals surface area (Å²) in [5.41, 5.74) is 5.07. The van der Waals surface area contributed by atoms with Gasteiger partial charge in [-0.1, -0.05) is 24.3 Å². The molecule has 1 aromatic heterocycles. The molecule has 0 saturated carbocycles. The largest absolute Gasteiger partial charge is 0.494 e. The van der Waals surface area contributed by atoms with E-state index in [9.17, 15) is 9.59 Å². The molecule has 2 amide bonds. The van der Waals surface area contributed by atoms with Gasteiger partial charge in [0.05, 0.1) is 25.9 Å².